The van der Waals surface area contributed by atoms with Crippen LogP contribution in [0.2, 0.25) is 0 Å². The quantitative estimate of drug-likeness (QED) is 0.0405. The highest BCUT2D eigenvalue weighted by Crippen LogP contribution is 2.37. The number of fused-ring (bicyclic) bond motifs is 2. The van der Waals surface area contributed by atoms with Gasteiger partial charge in [-0.1, -0.05) is 83.9 Å². The van der Waals surface area contributed by atoms with Gasteiger partial charge < -0.3 is 48.7 Å². The van der Waals surface area contributed by atoms with Crippen molar-refractivity contribution >= 4 is 58.3 Å². The molecule has 12 rings (SSSR count). The summed E-state index contributed by atoms with van der Waals surface area (Å²) >= 11 is 0. The van der Waals surface area contributed by atoms with Crippen molar-refractivity contribution in [3.63, 3.8) is 0 Å². The van der Waals surface area contributed by atoms with E-state index in [1.807, 2.05) is 68.5 Å². The second-order valence-corrected chi connectivity index (χ2v) is 18.3. The van der Waals surface area contributed by atoms with Crippen molar-refractivity contribution < 1.29 is 28.9 Å². The number of pyridine rings is 4. The first-order chi connectivity index (χ1) is 39.2. The van der Waals surface area contributed by atoms with E-state index in [-0.39, 0.29) is 0 Å². The van der Waals surface area contributed by atoms with E-state index in [1.165, 1.54) is 30.1 Å². The van der Waals surface area contributed by atoms with E-state index in [0.29, 0.717) is 22.7 Å². The Bertz CT molecular complexity index is 3750. The molecule has 0 aliphatic rings. The van der Waals surface area contributed by atoms with Crippen molar-refractivity contribution in [2.24, 2.45) is 0 Å². The zero-order chi connectivity index (χ0) is 55.5. The standard InChI is InChI=1S/C24H22N6O.C22H19N7O.C7H9BO2.C5H6BNO2/c1-17-3-5-18(6-4-17)19-7-8-22-20(13-19)23(21(14-27-22)24-29-28-16-31-24)26-9-2-11-30-12-10-25-15-30;1-3-17(12-23-6-1)16-4-5-20-18(11-16)21(19(13-26-20)22-28-27-15-30-22)25-7-2-9-29-10-8-24-14-29;1-6-2-4-7(5-3-6)8(9)10;8-6(9)5-2-1-3-7-4-5/h3-8,10,12-16H,2,9,11H2,1H3,(H,26,27);1,3-6,8,10-15H,2,7,9H2,(H,25,26);2-5,9-10H,1H3;1-4,8-9H. The van der Waals surface area contributed by atoms with Gasteiger partial charge in [0, 0.05) is 110 Å². The molecule has 6 N–H and O–H groups in total. The molecule has 0 atom stereocenters. The maximum absolute atomic E-state index is 8.67. The van der Waals surface area contributed by atoms with Crippen LogP contribution < -0.4 is 21.6 Å². The van der Waals surface area contributed by atoms with E-state index < -0.39 is 14.2 Å². The van der Waals surface area contributed by atoms with Crippen LogP contribution in [0.5, 0.6) is 0 Å². The fourth-order valence-electron chi connectivity index (χ4n) is 8.37. The first-order valence-electron chi connectivity index (χ1n) is 25.6. The summed E-state index contributed by atoms with van der Waals surface area (Å²) in [6.45, 7) is 7.38. The summed E-state index contributed by atoms with van der Waals surface area (Å²) in [5.74, 6) is 0.889. The second kappa shape index (κ2) is 27.5. The molecule has 8 heterocycles. The molecule has 80 heavy (non-hydrogen) atoms. The lowest BCUT2D eigenvalue weighted by Gasteiger charge is -2.14. The first kappa shape index (κ1) is 55.0. The highest BCUT2D eigenvalue weighted by molar-refractivity contribution is 6.58. The van der Waals surface area contributed by atoms with Crippen molar-refractivity contribution in [3.8, 4) is 45.2 Å². The minimum absolute atomic E-state index is 0.414. The van der Waals surface area contributed by atoms with E-state index in [0.717, 1.165) is 106 Å². The summed E-state index contributed by atoms with van der Waals surface area (Å²) in [5.41, 5.74) is 13.0. The molecule has 0 saturated heterocycles. The summed E-state index contributed by atoms with van der Waals surface area (Å²) in [5, 5.41) is 59.5. The van der Waals surface area contributed by atoms with Crippen LogP contribution >= 0.6 is 0 Å². The molecule has 0 aliphatic heterocycles. The number of nitrogens with one attached hydrogen (secondary N) is 2. The summed E-state index contributed by atoms with van der Waals surface area (Å²) in [6.07, 6.45) is 25.9. The molecule has 0 amide bonds. The minimum Gasteiger partial charge on any atom is -0.423 e. The zero-order valence-electron chi connectivity index (χ0n) is 43.8. The van der Waals surface area contributed by atoms with E-state index >= 15 is 0 Å². The van der Waals surface area contributed by atoms with Gasteiger partial charge in [0.15, 0.2) is 0 Å². The Labute approximate surface area is 461 Å². The molecular formula is C58H56B2N14O6. The third-order valence-electron chi connectivity index (χ3n) is 12.6. The Morgan fingerprint density at radius 1 is 0.487 bits per heavy atom. The largest absolute Gasteiger partial charge is 0.490 e. The fourth-order valence-corrected chi connectivity index (χ4v) is 8.37. The Hall–Kier alpha value is -9.73. The number of rotatable bonds is 16. The Morgan fingerprint density at radius 3 is 1.40 bits per heavy atom. The van der Waals surface area contributed by atoms with Gasteiger partial charge in [0.25, 0.3) is 11.8 Å². The fraction of sp³-hybridized carbons (Fsp3) is 0.138. The summed E-state index contributed by atoms with van der Waals surface area (Å²) < 4.78 is 15.1. The number of imidazole rings is 2. The average molecular weight is 1070 g/mol. The van der Waals surface area contributed by atoms with Crippen molar-refractivity contribution in [1.29, 1.82) is 0 Å². The molecule has 0 radical (unpaired) electrons. The molecule has 8 aromatic heterocycles. The van der Waals surface area contributed by atoms with Crippen LogP contribution in [0.4, 0.5) is 11.4 Å². The van der Waals surface area contributed by atoms with Gasteiger partial charge in [0.2, 0.25) is 12.8 Å². The van der Waals surface area contributed by atoms with Crippen LogP contribution in [0.15, 0.2) is 205 Å². The van der Waals surface area contributed by atoms with Gasteiger partial charge in [0.05, 0.1) is 46.2 Å². The Kier molecular flexibility index (Phi) is 18.9. The van der Waals surface area contributed by atoms with Gasteiger partial charge in [-0.3, -0.25) is 19.9 Å². The topological polar surface area (TPSA) is 270 Å². The van der Waals surface area contributed by atoms with Gasteiger partial charge in [-0.15, -0.1) is 20.4 Å². The summed E-state index contributed by atoms with van der Waals surface area (Å²) in [6, 6.07) is 35.4. The van der Waals surface area contributed by atoms with Crippen LogP contribution in [0, 0.1) is 13.8 Å². The monoisotopic (exact) mass is 1070 g/mol. The van der Waals surface area contributed by atoms with Crippen molar-refractivity contribution in [2.75, 3.05) is 23.7 Å². The Morgan fingerprint density at radius 2 is 0.975 bits per heavy atom. The van der Waals surface area contributed by atoms with Crippen molar-refractivity contribution in [2.45, 2.75) is 39.8 Å². The van der Waals surface area contributed by atoms with Crippen LogP contribution in [-0.4, -0.2) is 107 Å². The summed E-state index contributed by atoms with van der Waals surface area (Å²) in [7, 11) is -2.75. The van der Waals surface area contributed by atoms with Crippen LogP contribution in [0.1, 0.15) is 24.0 Å². The lowest BCUT2D eigenvalue weighted by Crippen LogP contribution is -2.29. The smallest absolute Gasteiger partial charge is 0.423 e. The van der Waals surface area contributed by atoms with E-state index in [4.69, 9.17) is 28.9 Å². The molecule has 0 unspecified atom stereocenters. The predicted octanol–water partition coefficient (Wildman–Crippen LogP) is 7.44. The molecule has 0 saturated carbocycles. The molecule has 4 aromatic carbocycles. The van der Waals surface area contributed by atoms with Gasteiger partial charge in [-0.05, 0) is 85.2 Å². The van der Waals surface area contributed by atoms with Crippen molar-refractivity contribution in [1.82, 2.24) is 59.4 Å². The number of benzene rings is 4. The normalized spacial score (nSPS) is 10.7. The number of nitrogens with zero attached hydrogens (tertiary/aromatic N) is 12. The van der Waals surface area contributed by atoms with E-state index in [2.05, 4.69) is 132 Å². The van der Waals surface area contributed by atoms with Crippen molar-refractivity contribution in [3.05, 3.63) is 208 Å². The second-order valence-electron chi connectivity index (χ2n) is 18.3. The zero-order valence-corrected chi connectivity index (χ0v) is 43.8. The highest BCUT2D eigenvalue weighted by Gasteiger charge is 2.18. The van der Waals surface area contributed by atoms with Gasteiger partial charge in [-0.2, -0.15) is 0 Å². The molecule has 22 heteroatoms. The SMILES string of the molecule is Cc1ccc(-c2ccc3ncc(-c4nnco4)c(NCCCn4ccnc4)c3c2)cc1.Cc1ccc(B(O)O)cc1.OB(O)c1cccnc1.c1cncc(-c2ccc3ncc(-c4nnco4)c(NCCCn4ccnc4)c3c2)c1. The number of anilines is 2. The molecule has 0 aliphatic carbocycles. The molecule has 400 valence electrons. The van der Waals surface area contributed by atoms with Gasteiger partial charge >= 0.3 is 14.2 Å². The van der Waals surface area contributed by atoms with Gasteiger partial charge in [-0.25, -0.2) is 9.97 Å². The lowest BCUT2D eigenvalue weighted by molar-refractivity contribution is 0.424. The average Bonchev–Trinajstić information content (AvgIpc) is 4.42. The molecule has 0 spiro atoms. The van der Waals surface area contributed by atoms with Crippen LogP contribution in [0.25, 0.3) is 67.0 Å². The molecule has 0 fully saturated rings. The highest BCUT2D eigenvalue weighted by atomic mass is 16.4. The third kappa shape index (κ3) is 14.8. The van der Waals surface area contributed by atoms with Crippen LogP contribution in [-0.2, 0) is 13.1 Å². The molecule has 12 aromatic rings. The minimum atomic E-state index is -1.40. The number of aryl methyl sites for hydroxylation is 4. The lowest BCUT2D eigenvalue weighted by atomic mass is 9.80. The van der Waals surface area contributed by atoms with E-state index in [1.54, 1.807) is 61.4 Å². The third-order valence-corrected chi connectivity index (χ3v) is 12.6. The molecule has 0 bridgehead atoms. The summed E-state index contributed by atoms with van der Waals surface area (Å²) in [4.78, 5) is 25.3. The maximum Gasteiger partial charge on any atom is 0.490 e. The first-order valence-corrected chi connectivity index (χ1v) is 25.6. The number of hydrogen-bond donors (Lipinski definition) is 6. The van der Waals surface area contributed by atoms with Crippen LogP contribution in [0.3, 0.4) is 0 Å². The predicted molar refractivity (Wildman–Crippen MR) is 309 cm³/mol. The van der Waals surface area contributed by atoms with Gasteiger partial charge in [0.1, 0.15) is 0 Å². The van der Waals surface area contributed by atoms with E-state index in [9.17, 15) is 0 Å². The number of hydrogen-bond acceptors (Lipinski definition) is 18. The maximum atomic E-state index is 8.67. The molecular weight excluding hydrogens is 1010 g/mol. The molecule has 20 nitrogen and oxygen atoms in total. The Balaban J connectivity index is 0.000000146. The number of aromatic nitrogens is 12.